The third kappa shape index (κ3) is 3.30. The lowest BCUT2D eigenvalue weighted by molar-refractivity contribution is 0.696. The van der Waals surface area contributed by atoms with Gasteiger partial charge in [-0.25, -0.2) is 4.98 Å². The van der Waals surface area contributed by atoms with Crippen LogP contribution in [0, 0.1) is 0 Å². The van der Waals surface area contributed by atoms with Crippen molar-refractivity contribution in [3.05, 3.63) is 11.8 Å². The molecule has 0 amide bonds. The Bertz CT molecular complexity index is 360. The van der Waals surface area contributed by atoms with Crippen LogP contribution in [0.4, 0.5) is 11.8 Å². The van der Waals surface area contributed by atoms with Gasteiger partial charge >= 0.3 is 0 Å². The average Bonchev–Trinajstić information content (AvgIpc) is 2.82. The van der Waals surface area contributed by atoms with E-state index in [0.29, 0.717) is 11.9 Å². The summed E-state index contributed by atoms with van der Waals surface area (Å²) in [4.78, 5) is 8.56. The second-order valence-electron chi connectivity index (χ2n) is 4.55. The molecule has 0 aromatic carbocycles. The Morgan fingerprint density at radius 3 is 2.76 bits per heavy atom. The number of aromatic nitrogens is 2. The predicted molar refractivity (Wildman–Crippen MR) is 70.1 cm³/mol. The van der Waals surface area contributed by atoms with E-state index in [0.717, 1.165) is 24.6 Å². The van der Waals surface area contributed by atoms with Crippen molar-refractivity contribution < 1.29 is 0 Å². The maximum Gasteiger partial charge on any atom is 0.222 e. The first kappa shape index (κ1) is 12.1. The van der Waals surface area contributed by atoms with Crippen LogP contribution < -0.4 is 16.4 Å². The topological polar surface area (TPSA) is 75.9 Å². The van der Waals surface area contributed by atoms with Crippen LogP contribution in [-0.4, -0.2) is 30.1 Å². The number of hydrogen-bond acceptors (Lipinski definition) is 5. The van der Waals surface area contributed by atoms with Crippen LogP contribution in [0.3, 0.4) is 0 Å². The van der Waals surface area contributed by atoms with E-state index in [1.54, 1.807) is 0 Å². The molecule has 94 valence electrons. The fourth-order valence-electron chi connectivity index (χ4n) is 2.32. The SMILES string of the molecule is CNCCNc1cc(C2CCCC2)nc(N)n1. The maximum atomic E-state index is 5.75. The van der Waals surface area contributed by atoms with E-state index in [4.69, 9.17) is 5.73 Å². The van der Waals surface area contributed by atoms with Crippen molar-refractivity contribution in [1.29, 1.82) is 0 Å². The summed E-state index contributed by atoms with van der Waals surface area (Å²) in [7, 11) is 1.93. The number of rotatable bonds is 5. The molecule has 1 fully saturated rings. The molecule has 0 unspecified atom stereocenters. The quantitative estimate of drug-likeness (QED) is 0.672. The second kappa shape index (κ2) is 5.82. The molecule has 0 aliphatic heterocycles. The summed E-state index contributed by atoms with van der Waals surface area (Å²) in [5.74, 6) is 1.79. The van der Waals surface area contributed by atoms with Gasteiger partial charge in [0.1, 0.15) is 5.82 Å². The molecule has 0 bridgehead atoms. The highest BCUT2D eigenvalue weighted by Crippen LogP contribution is 2.33. The molecule has 17 heavy (non-hydrogen) atoms. The van der Waals surface area contributed by atoms with Gasteiger partial charge in [0.2, 0.25) is 5.95 Å². The van der Waals surface area contributed by atoms with Crippen molar-refractivity contribution in [2.75, 3.05) is 31.2 Å². The van der Waals surface area contributed by atoms with E-state index >= 15 is 0 Å². The fourth-order valence-corrected chi connectivity index (χ4v) is 2.32. The van der Waals surface area contributed by atoms with Crippen molar-refractivity contribution in [1.82, 2.24) is 15.3 Å². The van der Waals surface area contributed by atoms with Crippen LogP contribution in [0.2, 0.25) is 0 Å². The zero-order valence-electron chi connectivity index (χ0n) is 10.4. The monoisotopic (exact) mass is 235 g/mol. The van der Waals surface area contributed by atoms with Crippen molar-refractivity contribution in [2.24, 2.45) is 0 Å². The summed E-state index contributed by atoms with van der Waals surface area (Å²) in [5.41, 5.74) is 6.85. The van der Waals surface area contributed by atoms with Crippen LogP contribution in [0.5, 0.6) is 0 Å². The average molecular weight is 235 g/mol. The Morgan fingerprint density at radius 1 is 1.29 bits per heavy atom. The van der Waals surface area contributed by atoms with Crippen LogP contribution in [-0.2, 0) is 0 Å². The number of anilines is 2. The van der Waals surface area contributed by atoms with Gasteiger partial charge in [-0.3, -0.25) is 0 Å². The molecule has 0 atom stereocenters. The summed E-state index contributed by atoms with van der Waals surface area (Å²) in [6.45, 7) is 1.75. The smallest absolute Gasteiger partial charge is 0.222 e. The van der Waals surface area contributed by atoms with Crippen molar-refractivity contribution >= 4 is 11.8 Å². The van der Waals surface area contributed by atoms with Gasteiger partial charge in [-0.05, 0) is 19.9 Å². The molecule has 1 aromatic rings. The van der Waals surface area contributed by atoms with E-state index in [9.17, 15) is 0 Å². The summed E-state index contributed by atoms with van der Waals surface area (Å²) in [6.07, 6.45) is 5.06. The first-order valence-electron chi connectivity index (χ1n) is 6.32. The Hall–Kier alpha value is -1.36. The molecule has 1 aliphatic rings. The van der Waals surface area contributed by atoms with Crippen LogP contribution in [0.1, 0.15) is 37.3 Å². The van der Waals surface area contributed by atoms with Gasteiger partial charge in [0.25, 0.3) is 0 Å². The van der Waals surface area contributed by atoms with Gasteiger partial charge in [0, 0.05) is 25.1 Å². The van der Waals surface area contributed by atoms with E-state index in [1.807, 2.05) is 13.1 Å². The zero-order valence-corrected chi connectivity index (χ0v) is 10.4. The van der Waals surface area contributed by atoms with Crippen molar-refractivity contribution in [3.63, 3.8) is 0 Å². The highest BCUT2D eigenvalue weighted by Gasteiger charge is 2.19. The number of nitrogen functional groups attached to an aromatic ring is 1. The minimum absolute atomic E-state index is 0.376. The molecule has 5 heteroatoms. The lowest BCUT2D eigenvalue weighted by Crippen LogP contribution is -2.18. The van der Waals surface area contributed by atoms with Crippen molar-refractivity contribution in [3.8, 4) is 0 Å². The molecule has 0 saturated heterocycles. The summed E-state index contributed by atoms with van der Waals surface area (Å²) < 4.78 is 0. The number of nitrogens with one attached hydrogen (secondary N) is 2. The molecule has 4 N–H and O–H groups in total. The van der Waals surface area contributed by atoms with E-state index in [-0.39, 0.29) is 0 Å². The number of nitrogens with zero attached hydrogens (tertiary/aromatic N) is 2. The van der Waals surface area contributed by atoms with Gasteiger partial charge in [0.15, 0.2) is 0 Å². The normalized spacial score (nSPS) is 16.3. The molecule has 1 aromatic heterocycles. The standard InChI is InChI=1S/C12H21N5/c1-14-6-7-15-11-8-10(16-12(13)17-11)9-4-2-3-5-9/h8-9,14H,2-7H2,1H3,(H3,13,15,16,17). The Morgan fingerprint density at radius 2 is 2.06 bits per heavy atom. The molecule has 1 saturated carbocycles. The van der Waals surface area contributed by atoms with Gasteiger partial charge in [-0.2, -0.15) is 4.98 Å². The summed E-state index contributed by atoms with van der Waals surface area (Å²) >= 11 is 0. The largest absolute Gasteiger partial charge is 0.369 e. The Balaban J connectivity index is 2.05. The minimum atomic E-state index is 0.376. The zero-order chi connectivity index (χ0) is 12.1. The molecular formula is C12H21N5. The van der Waals surface area contributed by atoms with Gasteiger partial charge < -0.3 is 16.4 Å². The van der Waals surface area contributed by atoms with Crippen molar-refractivity contribution in [2.45, 2.75) is 31.6 Å². The molecule has 1 heterocycles. The molecule has 0 spiro atoms. The second-order valence-corrected chi connectivity index (χ2v) is 4.55. The predicted octanol–water partition coefficient (Wildman–Crippen LogP) is 1.35. The third-order valence-electron chi connectivity index (χ3n) is 3.22. The van der Waals surface area contributed by atoms with Crippen LogP contribution >= 0.6 is 0 Å². The van der Waals surface area contributed by atoms with E-state index < -0.39 is 0 Å². The summed E-state index contributed by atoms with van der Waals surface area (Å²) in [5, 5.41) is 6.34. The lowest BCUT2D eigenvalue weighted by Gasteiger charge is -2.12. The van der Waals surface area contributed by atoms with Gasteiger partial charge in [-0.1, -0.05) is 12.8 Å². The van der Waals surface area contributed by atoms with Gasteiger partial charge in [0.05, 0.1) is 5.69 Å². The maximum absolute atomic E-state index is 5.75. The Labute approximate surface area is 102 Å². The molecule has 2 rings (SSSR count). The minimum Gasteiger partial charge on any atom is -0.369 e. The molecule has 1 aliphatic carbocycles. The highest BCUT2D eigenvalue weighted by atomic mass is 15.1. The highest BCUT2D eigenvalue weighted by molar-refractivity contribution is 5.41. The van der Waals surface area contributed by atoms with Crippen LogP contribution in [0.15, 0.2) is 6.07 Å². The molecular weight excluding hydrogens is 214 g/mol. The number of likely N-dealkylation sites (N-methyl/N-ethyl adjacent to an activating group) is 1. The Kier molecular flexibility index (Phi) is 4.14. The fraction of sp³-hybridized carbons (Fsp3) is 0.667. The van der Waals surface area contributed by atoms with Crippen LogP contribution in [0.25, 0.3) is 0 Å². The molecule has 0 radical (unpaired) electrons. The summed E-state index contributed by atoms with van der Waals surface area (Å²) in [6, 6.07) is 2.04. The van der Waals surface area contributed by atoms with E-state index in [1.165, 1.54) is 25.7 Å². The lowest BCUT2D eigenvalue weighted by atomic mass is 10.0. The molecule has 5 nitrogen and oxygen atoms in total. The first-order valence-corrected chi connectivity index (χ1v) is 6.32. The van der Waals surface area contributed by atoms with E-state index in [2.05, 4.69) is 20.6 Å². The first-order chi connectivity index (χ1) is 8.29. The van der Waals surface area contributed by atoms with Gasteiger partial charge in [-0.15, -0.1) is 0 Å². The third-order valence-corrected chi connectivity index (χ3v) is 3.22. The number of nitrogens with two attached hydrogens (primary N) is 1. The number of hydrogen-bond donors (Lipinski definition) is 3.